The maximum absolute atomic E-state index is 14.1. The first-order chi connectivity index (χ1) is 12.5. The minimum atomic E-state index is -0.661. The molecular weight excluding hydrogens is 343 g/mol. The van der Waals surface area contributed by atoms with E-state index in [4.69, 9.17) is 9.47 Å². The number of nitrogens with zero attached hydrogens (tertiary/aromatic N) is 2. The van der Waals surface area contributed by atoms with E-state index in [0.29, 0.717) is 12.2 Å². The van der Waals surface area contributed by atoms with Crippen LogP contribution in [0.3, 0.4) is 0 Å². The number of unbranched alkanes of at least 4 members (excludes halogenated alkanes) is 1. The molecule has 1 heterocycles. The summed E-state index contributed by atoms with van der Waals surface area (Å²) in [7, 11) is 0. The molecule has 0 aliphatic carbocycles. The molecule has 0 aliphatic heterocycles. The highest BCUT2D eigenvalue weighted by atomic mass is 19.1. The molecule has 0 bridgehead atoms. The van der Waals surface area contributed by atoms with Crippen molar-refractivity contribution in [2.45, 2.75) is 19.8 Å². The third-order valence-electron chi connectivity index (χ3n) is 3.26. The van der Waals surface area contributed by atoms with Gasteiger partial charge in [0.15, 0.2) is 11.6 Å². The van der Waals surface area contributed by atoms with Gasteiger partial charge in [0, 0.05) is 18.2 Å². The highest BCUT2D eigenvalue weighted by Crippen LogP contribution is 2.25. The molecule has 0 spiro atoms. The second-order valence-corrected chi connectivity index (χ2v) is 5.26. The Balaban J connectivity index is 2.00. The number of hydrogen-bond acceptors (Lipinski definition) is 6. The average Bonchev–Trinajstić information content (AvgIpc) is 2.62. The summed E-state index contributed by atoms with van der Waals surface area (Å²) in [6.45, 7) is 2.34. The van der Waals surface area contributed by atoms with Gasteiger partial charge in [0.1, 0.15) is 6.20 Å². The molecule has 0 fully saturated rings. The van der Waals surface area contributed by atoms with Crippen molar-refractivity contribution in [3.05, 3.63) is 64.1 Å². The molecule has 0 saturated heterocycles. The van der Waals surface area contributed by atoms with Gasteiger partial charge in [-0.3, -0.25) is 10.1 Å². The number of carbonyl (C=O) groups is 1. The van der Waals surface area contributed by atoms with Crippen molar-refractivity contribution in [3.63, 3.8) is 0 Å². The van der Waals surface area contributed by atoms with E-state index in [1.165, 1.54) is 36.4 Å². The van der Waals surface area contributed by atoms with Crippen LogP contribution in [0.25, 0.3) is 6.08 Å². The largest absolute Gasteiger partial charge is 0.463 e. The van der Waals surface area contributed by atoms with E-state index in [2.05, 4.69) is 4.98 Å². The molecule has 7 nitrogen and oxygen atoms in total. The van der Waals surface area contributed by atoms with Crippen LogP contribution in [0.2, 0.25) is 0 Å². The number of hydrogen-bond donors (Lipinski definition) is 0. The summed E-state index contributed by atoms with van der Waals surface area (Å²) in [5.41, 5.74) is 0.267. The fraction of sp³-hybridized carbons (Fsp3) is 0.222. The molecule has 0 N–H and O–H groups in total. The van der Waals surface area contributed by atoms with Crippen molar-refractivity contribution in [2.24, 2.45) is 0 Å². The number of halogens is 1. The number of esters is 1. The fourth-order valence-corrected chi connectivity index (χ4v) is 1.89. The van der Waals surface area contributed by atoms with E-state index in [1.807, 2.05) is 6.92 Å². The molecule has 26 heavy (non-hydrogen) atoms. The van der Waals surface area contributed by atoms with Crippen LogP contribution < -0.4 is 4.74 Å². The van der Waals surface area contributed by atoms with Gasteiger partial charge >= 0.3 is 5.97 Å². The Bertz CT molecular complexity index is 806. The Kier molecular flexibility index (Phi) is 6.78. The predicted octanol–water partition coefficient (Wildman–Crippen LogP) is 4.28. The lowest BCUT2D eigenvalue weighted by atomic mass is 10.2. The lowest BCUT2D eigenvalue weighted by Crippen LogP contribution is -2.01. The van der Waals surface area contributed by atoms with Crippen molar-refractivity contribution in [2.75, 3.05) is 6.61 Å². The van der Waals surface area contributed by atoms with E-state index in [9.17, 15) is 19.3 Å². The van der Waals surface area contributed by atoms with Crippen LogP contribution in [-0.2, 0) is 9.53 Å². The summed E-state index contributed by atoms with van der Waals surface area (Å²) in [5, 5.41) is 10.6. The van der Waals surface area contributed by atoms with Gasteiger partial charge in [-0.15, -0.1) is 0 Å². The number of carbonyl (C=O) groups excluding carboxylic acids is 1. The van der Waals surface area contributed by atoms with Gasteiger partial charge in [0.05, 0.1) is 11.5 Å². The molecular formula is C18H17FN2O5. The van der Waals surface area contributed by atoms with Gasteiger partial charge in [-0.2, -0.15) is 0 Å². The predicted molar refractivity (Wildman–Crippen MR) is 92.3 cm³/mol. The summed E-state index contributed by atoms with van der Waals surface area (Å²) >= 11 is 0. The minimum Gasteiger partial charge on any atom is -0.463 e. The highest BCUT2D eigenvalue weighted by molar-refractivity contribution is 5.87. The molecule has 1 aromatic carbocycles. The second kappa shape index (κ2) is 9.26. The topological polar surface area (TPSA) is 91.6 Å². The smallest absolute Gasteiger partial charge is 0.330 e. The summed E-state index contributed by atoms with van der Waals surface area (Å²) in [4.78, 5) is 25.2. The summed E-state index contributed by atoms with van der Waals surface area (Å²) in [6.07, 6.45) is 5.40. The van der Waals surface area contributed by atoms with E-state index in [0.717, 1.165) is 19.0 Å². The van der Waals surface area contributed by atoms with Crippen LogP contribution in [0, 0.1) is 15.9 Å². The van der Waals surface area contributed by atoms with Gasteiger partial charge in [-0.25, -0.2) is 14.2 Å². The zero-order valence-corrected chi connectivity index (χ0v) is 14.1. The fourth-order valence-electron chi connectivity index (χ4n) is 1.89. The van der Waals surface area contributed by atoms with Crippen LogP contribution in [0.15, 0.2) is 42.6 Å². The molecule has 0 atom stereocenters. The first kappa shape index (κ1) is 19.0. The van der Waals surface area contributed by atoms with Crippen LogP contribution in [-0.4, -0.2) is 22.5 Å². The third-order valence-corrected chi connectivity index (χ3v) is 3.26. The van der Waals surface area contributed by atoms with E-state index >= 15 is 0 Å². The number of aromatic nitrogens is 1. The highest BCUT2D eigenvalue weighted by Gasteiger charge is 2.09. The summed E-state index contributed by atoms with van der Waals surface area (Å²) in [5.74, 6) is -1.22. The van der Waals surface area contributed by atoms with Gasteiger partial charge in [0.2, 0.25) is 5.88 Å². The zero-order chi connectivity index (χ0) is 18.9. The summed E-state index contributed by atoms with van der Waals surface area (Å²) in [6, 6.07) is 6.61. The normalized spacial score (nSPS) is 10.7. The van der Waals surface area contributed by atoms with Crippen LogP contribution in [0.4, 0.5) is 10.1 Å². The molecule has 0 radical (unpaired) electrons. The van der Waals surface area contributed by atoms with E-state index < -0.39 is 16.7 Å². The lowest BCUT2D eigenvalue weighted by Gasteiger charge is -2.06. The lowest BCUT2D eigenvalue weighted by molar-refractivity contribution is -0.385. The maximum atomic E-state index is 14.1. The van der Waals surface area contributed by atoms with Gasteiger partial charge in [-0.1, -0.05) is 19.4 Å². The molecule has 136 valence electrons. The van der Waals surface area contributed by atoms with Crippen molar-refractivity contribution in [1.29, 1.82) is 0 Å². The minimum absolute atomic E-state index is 0.0253. The van der Waals surface area contributed by atoms with Gasteiger partial charge < -0.3 is 9.47 Å². The number of pyridine rings is 1. The molecule has 2 aromatic rings. The van der Waals surface area contributed by atoms with Crippen molar-refractivity contribution >= 4 is 17.7 Å². The van der Waals surface area contributed by atoms with E-state index in [-0.39, 0.29) is 17.3 Å². The van der Waals surface area contributed by atoms with Gasteiger partial charge in [-0.05, 0) is 30.2 Å². The van der Waals surface area contributed by atoms with Crippen LogP contribution >= 0.6 is 0 Å². The van der Waals surface area contributed by atoms with E-state index in [1.54, 1.807) is 6.07 Å². The maximum Gasteiger partial charge on any atom is 0.330 e. The molecule has 2 rings (SSSR count). The number of benzene rings is 1. The number of rotatable bonds is 8. The molecule has 0 amide bonds. The second-order valence-electron chi connectivity index (χ2n) is 5.26. The standard InChI is InChI=1S/C18H17FN2O5/c1-2-3-10-25-18(22)9-5-13-4-7-16(15(19)11-13)26-17-8-6-14(12-20-17)21(23)24/h4-9,11-12H,2-3,10H2,1H3. The zero-order valence-electron chi connectivity index (χ0n) is 14.1. The molecule has 1 aromatic heterocycles. The molecule has 8 heteroatoms. The number of ether oxygens (including phenoxy) is 2. The number of nitro groups is 1. The van der Waals surface area contributed by atoms with Crippen molar-refractivity contribution in [3.8, 4) is 11.6 Å². The average molecular weight is 360 g/mol. The first-order valence-electron chi connectivity index (χ1n) is 7.92. The molecule has 0 saturated carbocycles. The van der Waals surface area contributed by atoms with Crippen LogP contribution in [0.1, 0.15) is 25.3 Å². The summed E-state index contributed by atoms with van der Waals surface area (Å²) < 4.78 is 24.3. The van der Waals surface area contributed by atoms with Crippen molar-refractivity contribution in [1.82, 2.24) is 4.98 Å². The first-order valence-corrected chi connectivity index (χ1v) is 7.92. The quantitative estimate of drug-likeness (QED) is 0.229. The van der Waals surface area contributed by atoms with Crippen LogP contribution in [0.5, 0.6) is 11.6 Å². The Morgan fingerprint density at radius 2 is 2.15 bits per heavy atom. The van der Waals surface area contributed by atoms with Crippen molar-refractivity contribution < 1.29 is 23.6 Å². The molecule has 0 unspecified atom stereocenters. The Morgan fingerprint density at radius 3 is 2.77 bits per heavy atom. The molecule has 0 aliphatic rings. The Morgan fingerprint density at radius 1 is 1.35 bits per heavy atom. The Labute approximate surface area is 149 Å². The SMILES string of the molecule is CCCCOC(=O)C=Cc1ccc(Oc2ccc([N+](=O)[O-])cn2)c(F)c1. The monoisotopic (exact) mass is 360 g/mol. The third kappa shape index (κ3) is 5.66. The Hall–Kier alpha value is -3.29. The van der Waals surface area contributed by atoms with Gasteiger partial charge in [0.25, 0.3) is 5.69 Å².